The number of benzene rings is 9. The molecule has 0 saturated carbocycles. The van der Waals surface area contributed by atoms with E-state index in [1.807, 2.05) is 11.3 Å². The van der Waals surface area contributed by atoms with E-state index in [-0.39, 0.29) is 0 Å². The topological polar surface area (TPSA) is 16.1 Å². The standard InChI is InChI=1S/C56H36N2S/c1-4-17-37(18-5-1)55-44-32-34-52-54(53(44)43-25-10-13-28-48(43)57-55)45-36-39(31-33-51(45)59-52)38-19-16-24-42(35-38)58-49-29-14-11-26-46(49)56(40-20-6-2-7-21-40,41-22-8-3-9-23-41)47-27-12-15-30-50(47)58/h1-36H. The van der Waals surface area contributed by atoms with Crippen LogP contribution in [0, 0.1) is 0 Å². The molecule has 0 unspecified atom stereocenters. The summed E-state index contributed by atoms with van der Waals surface area (Å²) in [6.07, 6.45) is 0. The van der Waals surface area contributed by atoms with Crippen molar-refractivity contribution in [3.05, 3.63) is 241 Å². The average Bonchev–Trinajstić information content (AvgIpc) is 3.69. The van der Waals surface area contributed by atoms with Crippen LogP contribution >= 0.6 is 11.3 Å². The number of anilines is 3. The van der Waals surface area contributed by atoms with Crippen LogP contribution in [0.15, 0.2) is 218 Å². The van der Waals surface area contributed by atoms with Crippen molar-refractivity contribution in [1.82, 2.24) is 4.98 Å². The van der Waals surface area contributed by atoms with Gasteiger partial charge in [0.25, 0.3) is 0 Å². The minimum atomic E-state index is -0.502. The van der Waals surface area contributed by atoms with Crippen LogP contribution in [0.3, 0.4) is 0 Å². The Balaban J connectivity index is 1.06. The lowest BCUT2D eigenvalue weighted by atomic mass is 9.62. The molecule has 12 rings (SSSR count). The van der Waals surface area contributed by atoms with Crippen LogP contribution in [0.4, 0.5) is 17.1 Å². The quantitative estimate of drug-likeness (QED) is 0.162. The summed E-state index contributed by atoms with van der Waals surface area (Å²) in [5, 5.41) is 6.21. The van der Waals surface area contributed by atoms with Gasteiger partial charge in [0.2, 0.25) is 0 Å². The summed E-state index contributed by atoms with van der Waals surface area (Å²) in [6, 6.07) is 79.9. The Hall–Kier alpha value is -7.33. The van der Waals surface area contributed by atoms with Gasteiger partial charge >= 0.3 is 0 Å². The maximum atomic E-state index is 5.24. The summed E-state index contributed by atoms with van der Waals surface area (Å²) >= 11 is 1.87. The summed E-state index contributed by atoms with van der Waals surface area (Å²) in [7, 11) is 0. The predicted octanol–water partition coefficient (Wildman–Crippen LogP) is 15.3. The van der Waals surface area contributed by atoms with Gasteiger partial charge in [-0.1, -0.05) is 170 Å². The molecule has 1 aliphatic rings. The molecule has 1 aliphatic heterocycles. The van der Waals surface area contributed by atoms with Crippen molar-refractivity contribution in [2.45, 2.75) is 5.41 Å². The van der Waals surface area contributed by atoms with E-state index in [9.17, 15) is 0 Å². The molecule has 2 aromatic heterocycles. The number of nitrogens with zero attached hydrogens (tertiary/aromatic N) is 2. The maximum Gasteiger partial charge on any atom is 0.0788 e. The lowest BCUT2D eigenvalue weighted by Crippen LogP contribution is -2.37. The Labute approximate surface area is 346 Å². The van der Waals surface area contributed by atoms with Crippen LogP contribution in [0.2, 0.25) is 0 Å². The first-order valence-corrected chi connectivity index (χ1v) is 21.0. The van der Waals surface area contributed by atoms with E-state index in [1.54, 1.807) is 0 Å². The maximum absolute atomic E-state index is 5.24. The van der Waals surface area contributed by atoms with E-state index in [1.165, 1.54) is 81.1 Å². The van der Waals surface area contributed by atoms with Gasteiger partial charge in [-0.3, -0.25) is 0 Å². The molecule has 0 fully saturated rings. The van der Waals surface area contributed by atoms with Crippen LogP contribution in [-0.4, -0.2) is 4.98 Å². The smallest absolute Gasteiger partial charge is 0.0788 e. The minimum absolute atomic E-state index is 0.502. The zero-order valence-electron chi connectivity index (χ0n) is 32.1. The molecule has 0 amide bonds. The van der Waals surface area contributed by atoms with Crippen LogP contribution in [0.5, 0.6) is 0 Å². The van der Waals surface area contributed by atoms with Crippen LogP contribution in [0.25, 0.3) is 64.2 Å². The number of thiophene rings is 1. The lowest BCUT2D eigenvalue weighted by molar-refractivity contribution is 0.731. The van der Waals surface area contributed by atoms with Crippen molar-refractivity contribution in [3.8, 4) is 22.4 Å². The van der Waals surface area contributed by atoms with Crippen LogP contribution in [0.1, 0.15) is 22.3 Å². The molecular formula is C56H36N2S. The highest BCUT2D eigenvalue weighted by molar-refractivity contribution is 7.26. The van der Waals surface area contributed by atoms with Gasteiger partial charge in [-0.05, 0) is 81.9 Å². The van der Waals surface area contributed by atoms with Gasteiger partial charge in [0, 0.05) is 47.6 Å². The number of para-hydroxylation sites is 3. The highest BCUT2D eigenvalue weighted by Gasteiger charge is 2.46. The van der Waals surface area contributed by atoms with Crippen molar-refractivity contribution in [1.29, 1.82) is 0 Å². The summed E-state index contributed by atoms with van der Waals surface area (Å²) < 4.78 is 2.57. The fourth-order valence-electron chi connectivity index (χ4n) is 9.82. The highest BCUT2D eigenvalue weighted by atomic mass is 32.1. The Kier molecular flexibility index (Phi) is 7.66. The second kappa shape index (κ2) is 13.4. The second-order valence-corrected chi connectivity index (χ2v) is 16.5. The zero-order valence-corrected chi connectivity index (χ0v) is 32.9. The molecule has 0 radical (unpaired) electrons. The molecule has 0 bridgehead atoms. The van der Waals surface area contributed by atoms with E-state index in [2.05, 4.69) is 223 Å². The predicted molar refractivity (Wildman–Crippen MR) is 250 cm³/mol. The molecule has 3 heteroatoms. The van der Waals surface area contributed by atoms with Crippen molar-refractivity contribution in [3.63, 3.8) is 0 Å². The van der Waals surface area contributed by atoms with Crippen molar-refractivity contribution < 1.29 is 0 Å². The van der Waals surface area contributed by atoms with E-state index in [0.29, 0.717) is 0 Å². The van der Waals surface area contributed by atoms with Gasteiger partial charge in [-0.2, -0.15) is 0 Å². The average molecular weight is 769 g/mol. The molecule has 2 nitrogen and oxygen atoms in total. The normalized spacial score (nSPS) is 13.2. The number of hydrogen-bond donors (Lipinski definition) is 0. The second-order valence-electron chi connectivity index (χ2n) is 15.4. The number of hydrogen-bond acceptors (Lipinski definition) is 3. The molecule has 0 aliphatic carbocycles. The number of rotatable bonds is 5. The van der Waals surface area contributed by atoms with E-state index in [0.717, 1.165) is 22.5 Å². The van der Waals surface area contributed by atoms with E-state index in [4.69, 9.17) is 4.98 Å². The summed E-state index contributed by atoms with van der Waals surface area (Å²) in [4.78, 5) is 7.71. The molecule has 3 heterocycles. The number of fused-ring (bicyclic) bond motifs is 9. The molecule has 276 valence electrons. The first kappa shape index (κ1) is 33.8. The van der Waals surface area contributed by atoms with Gasteiger partial charge in [0.15, 0.2) is 0 Å². The van der Waals surface area contributed by atoms with Gasteiger partial charge in [-0.15, -0.1) is 11.3 Å². The minimum Gasteiger partial charge on any atom is -0.310 e. The van der Waals surface area contributed by atoms with Crippen molar-refractivity contribution >= 4 is 70.2 Å². The third kappa shape index (κ3) is 5.08. The van der Waals surface area contributed by atoms with Gasteiger partial charge in [-0.25, -0.2) is 4.98 Å². The monoisotopic (exact) mass is 768 g/mol. The first-order valence-electron chi connectivity index (χ1n) is 20.2. The summed E-state index contributed by atoms with van der Waals surface area (Å²) in [5.74, 6) is 0. The third-order valence-corrected chi connectivity index (χ3v) is 13.4. The van der Waals surface area contributed by atoms with Gasteiger partial charge in [0.1, 0.15) is 0 Å². The largest absolute Gasteiger partial charge is 0.310 e. The fourth-order valence-corrected chi connectivity index (χ4v) is 10.9. The molecule has 0 atom stereocenters. The molecule has 0 spiro atoms. The molecule has 9 aromatic carbocycles. The SMILES string of the molecule is c1ccc(-c2nc3ccccc3c3c2ccc2sc4ccc(-c5cccc(N6c7ccccc7C(c7ccccc7)(c7ccccc7)c7ccccc76)c5)cc4c23)cc1. The molecule has 11 aromatic rings. The van der Waals surface area contributed by atoms with E-state index < -0.39 is 5.41 Å². The third-order valence-electron chi connectivity index (χ3n) is 12.3. The molecule has 0 N–H and O–H groups in total. The fraction of sp³-hybridized carbons (Fsp3) is 0.0179. The summed E-state index contributed by atoms with van der Waals surface area (Å²) in [6.45, 7) is 0. The highest BCUT2D eigenvalue weighted by Crippen LogP contribution is 2.57. The molecular weight excluding hydrogens is 733 g/mol. The van der Waals surface area contributed by atoms with E-state index >= 15 is 0 Å². The molecule has 59 heavy (non-hydrogen) atoms. The van der Waals surface area contributed by atoms with Crippen LogP contribution < -0.4 is 4.90 Å². The Bertz CT molecular complexity index is 3300. The van der Waals surface area contributed by atoms with Gasteiger partial charge in [0.05, 0.1) is 28.0 Å². The van der Waals surface area contributed by atoms with Crippen LogP contribution in [-0.2, 0) is 5.41 Å². The van der Waals surface area contributed by atoms with Gasteiger partial charge < -0.3 is 4.90 Å². The lowest BCUT2D eigenvalue weighted by Gasteiger charge is -2.46. The Morgan fingerprint density at radius 2 is 0.966 bits per heavy atom. The Morgan fingerprint density at radius 1 is 0.390 bits per heavy atom. The zero-order chi connectivity index (χ0) is 38.9. The summed E-state index contributed by atoms with van der Waals surface area (Å²) in [5.41, 5.74) is 13.5. The van der Waals surface area contributed by atoms with Crippen molar-refractivity contribution in [2.24, 2.45) is 0 Å². The number of pyridine rings is 1. The Morgan fingerprint density at radius 3 is 1.68 bits per heavy atom. The number of aromatic nitrogens is 1. The van der Waals surface area contributed by atoms with Crippen molar-refractivity contribution in [2.75, 3.05) is 4.90 Å². The first-order chi connectivity index (χ1) is 29.3. The molecule has 0 saturated heterocycles.